The van der Waals surface area contributed by atoms with Gasteiger partial charge in [0.2, 0.25) is 0 Å². The van der Waals surface area contributed by atoms with Crippen molar-refractivity contribution in [3.05, 3.63) is 45.1 Å². The number of hydrogen-bond donors (Lipinski definition) is 2. The second-order valence-corrected chi connectivity index (χ2v) is 6.15. The van der Waals surface area contributed by atoms with Crippen molar-refractivity contribution in [2.24, 2.45) is 0 Å². The predicted molar refractivity (Wildman–Crippen MR) is 86.2 cm³/mol. The second kappa shape index (κ2) is 7.49. The maximum absolute atomic E-state index is 11.9. The third-order valence-electron chi connectivity index (χ3n) is 3.05. The van der Waals surface area contributed by atoms with Crippen LogP contribution in [0.25, 0.3) is 0 Å². The van der Waals surface area contributed by atoms with Gasteiger partial charge in [-0.1, -0.05) is 11.6 Å². The van der Waals surface area contributed by atoms with Crippen molar-refractivity contribution in [2.45, 2.75) is 6.10 Å². The SMILES string of the molecule is COc1ccc(OC)c([C@H](O)CNC(=O)c2ccc(Cl)s2)c1. The number of carbonyl (C=O) groups excluding carboxylic acids is 1. The van der Waals surface area contributed by atoms with Crippen LogP contribution >= 0.6 is 22.9 Å². The van der Waals surface area contributed by atoms with E-state index in [4.69, 9.17) is 21.1 Å². The van der Waals surface area contributed by atoms with Gasteiger partial charge in [0, 0.05) is 12.1 Å². The summed E-state index contributed by atoms with van der Waals surface area (Å²) in [5, 5.41) is 12.9. The number of methoxy groups -OCH3 is 2. The average molecular weight is 342 g/mol. The van der Waals surface area contributed by atoms with Crippen LogP contribution in [0.1, 0.15) is 21.3 Å². The molecule has 0 saturated heterocycles. The summed E-state index contributed by atoms with van der Waals surface area (Å²) in [6.07, 6.45) is -0.913. The molecule has 0 unspecified atom stereocenters. The molecule has 2 rings (SSSR count). The summed E-state index contributed by atoms with van der Waals surface area (Å²) in [5.41, 5.74) is 0.548. The Morgan fingerprint density at radius 2 is 2.09 bits per heavy atom. The lowest BCUT2D eigenvalue weighted by molar-refractivity contribution is 0.0918. The van der Waals surface area contributed by atoms with E-state index in [1.54, 1.807) is 37.4 Å². The highest BCUT2D eigenvalue weighted by Gasteiger charge is 2.16. The van der Waals surface area contributed by atoms with Crippen LogP contribution in [0.3, 0.4) is 0 Å². The van der Waals surface area contributed by atoms with Gasteiger partial charge in [-0.15, -0.1) is 11.3 Å². The van der Waals surface area contributed by atoms with E-state index in [1.807, 2.05) is 0 Å². The molecule has 2 aromatic rings. The number of rotatable bonds is 6. The molecule has 118 valence electrons. The molecule has 0 radical (unpaired) electrons. The maximum atomic E-state index is 11.9. The lowest BCUT2D eigenvalue weighted by Gasteiger charge is -2.16. The summed E-state index contributed by atoms with van der Waals surface area (Å²) in [5.74, 6) is 0.853. The Morgan fingerprint density at radius 1 is 1.32 bits per heavy atom. The van der Waals surface area contributed by atoms with Crippen LogP contribution < -0.4 is 14.8 Å². The minimum Gasteiger partial charge on any atom is -0.497 e. The number of amides is 1. The number of carbonyl (C=O) groups is 1. The van der Waals surface area contributed by atoms with Gasteiger partial charge in [-0.25, -0.2) is 0 Å². The first-order chi connectivity index (χ1) is 10.5. The Hall–Kier alpha value is -1.76. The Bertz CT molecular complexity index is 659. The van der Waals surface area contributed by atoms with E-state index in [0.717, 1.165) is 0 Å². The van der Waals surface area contributed by atoms with E-state index in [9.17, 15) is 9.90 Å². The van der Waals surface area contributed by atoms with Gasteiger partial charge in [-0.3, -0.25) is 4.79 Å². The summed E-state index contributed by atoms with van der Waals surface area (Å²) >= 11 is 6.98. The first-order valence-corrected chi connectivity index (χ1v) is 7.68. The summed E-state index contributed by atoms with van der Waals surface area (Å²) in [7, 11) is 3.06. The molecule has 7 heteroatoms. The molecule has 1 aromatic heterocycles. The van der Waals surface area contributed by atoms with E-state index in [1.165, 1.54) is 18.4 Å². The highest BCUT2D eigenvalue weighted by molar-refractivity contribution is 7.17. The van der Waals surface area contributed by atoms with Crippen molar-refractivity contribution in [1.82, 2.24) is 5.32 Å². The molecule has 0 spiro atoms. The molecule has 0 aliphatic rings. The number of thiophene rings is 1. The van der Waals surface area contributed by atoms with Gasteiger partial charge in [-0.2, -0.15) is 0 Å². The maximum Gasteiger partial charge on any atom is 0.261 e. The second-order valence-electron chi connectivity index (χ2n) is 4.44. The topological polar surface area (TPSA) is 67.8 Å². The van der Waals surface area contributed by atoms with Gasteiger partial charge in [-0.05, 0) is 30.3 Å². The van der Waals surface area contributed by atoms with Crippen LogP contribution in [0.2, 0.25) is 4.34 Å². The van der Waals surface area contributed by atoms with Gasteiger partial charge < -0.3 is 19.9 Å². The lowest BCUT2D eigenvalue weighted by atomic mass is 10.1. The van der Waals surface area contributed by atoms with Crippen LogP contribution in [0, 0.1) is 0 Å². The van der Waals surface area contributed by atoms with Gasteiger partial charge in [0.1, 0.15) is 17.6 Å². The first kappa shape index (κ1) is 16.6. The average Bonchev–Trinajstić information content (AvgIpc) is 2.98. The normalized spacial score (nSPS) is 11.8. The molecule has 1 aromatic carbocycles. The van der Waals surface area contributed by atoms with Crippen molar-refractivity contribution in [1.29, 1.82) is 0 Å². The zero-order valence-electron chi connectivity index (χ0n) is 12.1. The number of benzene rings is 1. The molecule has 5 nitrogen and oxygen atoms in total. The van der Waals surface area contributed by atoms with Crippen LogP contribution in [0.5, 0.6) is 11.5 Å². The van der Waals surface area contributed by atoms with Crippen molar-refractivity contribution < 1.29 is 19.4 Å². The summed E-state index contributed by atoms with van der Waals surface area (Å²) in [4.78, 5) is 12.4. The van der Waals surface area contributed by atoms with Crippen LogP contribution in [0.4, 0.5) is 0 Å². The molecular formula is C15H16ClNO4S. The molecule has 1 atom stereocenters. The van der Waals surface area contributed by atoms with E-state index in [-0.39, 0.29) is 12.5 Å². The van der Waals surface area contributed by atoms with E-state index >= 15 is 0 Å². The quantitative estimate of drug-likeness (QED) is 0.847. The number of ether oxygens (including phenoxy) is 2. The molecule has 1 heterocycles. The molecule has 0 aliphatic carbocycles. The van der Waals surface area contributed by atoms with Crippen molar-refractivity contribution in [3.8, 4) is 11.5 Å². The molecular weight excluding hydrogens is 326 g/mol. The van der Waals surface area contributed by atoms with Gasteiger partial charge in [0.15, 0.2) is 0 Å². The molecule has 0 bridgehead atoms. The lowest BCUT2D eigenvalue weighted by Crippen LogP contribution is -2.27. The molecule has 0 saturated carbocycles. The third-order valence-corrected chi connectivity index (χ3v) is 4.28. The zero-order chi connectivity index (χ0) is 16.1. The van der Waals surface area contributed by atoms with Crippen LogP contribution in [-0.4, -0.2) is 31.8 Å². The van der Waals surface area contributed by atoms with Crippen LogP contribution in [0.15, 0.2) is 30.3 Å². The van der Waals surface area contributed by atoms with Gasteiger partial charge >= 0.3 is 0 Å². The van der Waals surface area contributed by atoms with Crippen molar-refractivity contribution >= 4 is 28.8 Å². The minimum absolute atomic E-state index is 0.0535. The number of aliphatic hydroxyl groups is 1. The summed E-state index contributed by atoms with van der Waals surface area (Å²) < 4.78 is 10.9. The molecule has 1 amide bonds. The van der Waals surface area contributed by atoms with Gasteiger partial charge in [0.05, 0.1) is 23.4 Å². The van der Waals surface area contributed by atoms with E-state index < -0.39 is 6.10 Å². The molecule has 0 fully saturated rings. The number of aliphatic hydroxyl groups excluding tert-OH is 1. The fourth-order valence-electron chi connectivity index (χ4n) is 1.92. The number of hydrogen-bond acceptors (Lipinski definition) is 5. The number of nitrogens with one attached hydrogen (secondary N) is 1. The van der Waals surface area contributed by atoms with Gasteiger partial charge in [0.25, 0.3) is 5.91 Å². The van der Waals surface area contributed by atoms with E-state index in [2.05, 4.69) is 5.32 Å². The van der Waals surface area contributed by atoms with Crippen molar-refractivity contribution in [3.63, 3.8) is 0 Å². The number of halogens is 1. The van der Waals surface area contributed by atoms with E-state index in [0.29, 0.717) is 26.3 Å². The Kier molecular flexibility index (Phi) is 5.65. The Morgan fingerprint density at radius 3 is 2.68 bits per heavy atom. The fraction of sp³-hybridized carbons (Fsp3) is 0.267. The third kappa shape index (κ3) is 3.91. The predicted octanol–water partition coefficient (Wildman–Crippen LogP) is 2.88. The van der Waals surface area contributed by atoms with Crippen molar-refractivity contribution in [2.75, 3.05) is 20.8 Å². The highest BCUT2D eigenvalue weighted by atomic mass is 35.5. The minimum atomic E-state index is -0.913. The fourth-order valence-corrected chi connectivity index (χ4v) is 2.88. The summed E-state index contributed by atoms with van der Waals surface area (Å²) in [6.45, 7) is 0.0535. The zero-order valence-corrected chi connectivity index (χ0v) is 13.7. The molecule has 22 heavy (non-hydrogen) atoms. The Labute approximate surface area is 137 Å². The monoisotopic (exact) mass is 341 g/mol. The highest BCUT2D eigenvalue weighted by Crippen LogP contribution is 2.29. The molecule has 0 aliphatic heterocycles. The summed E-state index contributed by atoms with van der Waals surface area (Å²) in [6, 6.07) is 8.42. The standard InChI is InChI=1S/C15H16ClNO4S/c1-20-9-3-4-12(21-2)10(7-9)11(18)8-17-15(19)13-5-6-14(16)22-13/h3-7,11,18H,8H2,1-2H3,(H,17,19)/t11-/m1/s1. The van der Waals surface area contributed by atoms with Crippen LogP contribution in [-0.2, 0) is 0 Å². The first-order valence-electron chi connectivity index (χ1n) is 6.48. The largest absolute Gasteiger partial charge is 0.497 e. The Balaban J connectivity index is 2.05. The molecule has 2 N–H and O–H groups in total. The smallest absolute Gasteiger partial charge is 0.261 e.